The molecule has 0 saturated carbocycles. The maximum absolute atomic E-state index is 13.2. The summed E-state index contributed by atoms with van der Waals surface area (Å²) in [6, 6.07) is 16.5. The van der Waals surface area contributed by atoms with Crippen LogP contribution in [0.4, 0.5) is 0 Å². The highest BCUT2D eigenvalue weighted by molar-refractivity contribution is 6.01. The normalized spacial score (nSPS) is 10.4. The second-order valence-electron chi connectivity index (χ2n) is 5.48. The Kier molecular flexibility index (Phi) is 3.53. The summed E-state index contributed by atoms with van der Waals surface area (Å²) in [6.07, 6.45) is 4.48. The molecule has 0 amide bonds. The van der Waals surface area contributed by atoms with Crippen molar-refractivity contribution in [3.05, 3.63) is 77.7 Å². The molecule has 7 heteroatoms. The van der Waals surface area contributed by atoms with Crippen LogP contribution in [0.1, 0.15) is 21.5 Å². The van der Waals surface area contributed by atoms with Gasteiger partial charge in [-0.3, -0.25) is 9.78 Å². The second-order valence-corrected chi connectivity index (χ2v) is 5.48. The van der Waals surface area contributed by atoms with Gasteiger partial charge in [0.05, 0.1) is 17.3 Å². The molecule has 3 aromatic heterocycles. The lowest BCUT2D eigenvalue weighted by Gasteiger charge is -2.07. The van der Waals surface area contributed by atoms with Crippen molar-refractivity contribution in [2.45, 2.75) is 0 Å². The van der Waals surface area contributed by atoms with Crippen LogP contribution in [0.15, 0.2) is 61.1 Å². The molecule has 0 saturated heterocycles. The quantitative estimate of drug-likeness (QED) is 0.559. The molecule has 0 aliphatic heterocycles. The van der Waals surface area contributed by atoms with E-state index in [0.29, 0.717) is 11.4 Å². The van der Waals surface area contributed by atoms with Crippen LogP contribution >= 0.6 is 0 Å². The molecule has 7 nitrogen and oxygen atoms in total. The van der Waals surface area contributed by atoms with Crippen molar-refractivity contribution in [2.75, 3.05) is 0 Å². The first-order chi connectivity index (χ1) is 12.7. The van der Waals surface area contributed by atoms with Gasteiger partial charge in [-0.05, 0) is 12.1 Å². The van der Waals surface area contributed by atoms with E-state index in [1.54, 1.807) is 18.3 Å². The number of aromatic nitrogens is 4. The van der Waals surface area contributed by atoms with E-state index in [4.69, 9.17) is 0 Å². The van der Waals surface area contributed by atoms with Gasteiger partial charge in [0.1, 0.15) is 17.7 Å². The minimum atomic E-state index is -0.376. The number of nitrogens with zero attached hydrogens (tertiary/aromatic N) is 6. The summed E-state index contributed by atoms with van der Waals surface area (Å²) in [5.74, 6) is 0.00832. The smallest absolute Gasteiger partial charge is 0.266 e. The molecule has 1 aromatic carbocycles. The summed E-state index contributed by atoms with van der Waals surface area (Å²) < 4.78 is 2.75. The van der Waals surface area contributed by atoms with Gasteiger partial charge >= 0.3 is 0 Å². The highest BCUT2D eigenvalue weighted by atomic mass is 16.2. The van der Waals surface area contributed by atoms with E-state index in [1.165, 1.54) is 21.5 Å². The summed E-state index contributed by atoms with van der Waals surface area (Å²) in [4.78, 5) is 17.1. The van der Waals surface area contributed by atoms with Gasteiger partial charge < -0.3 is 0 Å². The molecule has 4 aromatic rings. The van der Waals surface area contributed by atoms with Crippen LogP contribution in [0.25, 0.3) is 17.0 Å². The van der Waals surface area contributed by atoms with E-state index < -0.39 is 0 Å². The van der Waals surface area contributed by atoms with Gasteiger partial charge in [-0.15, -0.1) is 5.10 Å². The monoisotopic (exact) mass is 338 g/mol. The van der Waals surface area contributed by atoms with Gasteiger partial charge in [-0.2, -0.15) is 10.5 Å². The van der Waals surface area contributed by atoms with Gasteiger partial charge in [-0.1, -0.05) is 30.3 Å². The highest BCUT2D eigenvalue weighted by Gasteiger charge is 2.25. The minimum absolute atomic E-state index is 0.111. The maximum atomic E-state index is 13.2. The Hall–Kier alpha value is -4.23. The van der Waals surface area contributed by atoms with Crippen LogP contribution in [-0.4, -0.2) is 25.1 Å². The minimum Gasteiger partial charge on any atom is -0.268 e. The van der Waals surface area contributed by atoms with Crippen LogP contribution in [0, 0.1) is 22.7 Å². The van der Waals surface area contributed by atoms with Crippen LogP contribution in [0.2, 0.25) is 0 Å². The van der Waals surface area contributed by atoms with E-state index in [1.807, 2.05) is 42.5 Å². The number of rotatable bonds is 2. The van der Waals surface area contributed by atoms with Gasteiger partial charge in [0.25, 0.3) is 5.91 Å². The molecular formula is C19H10N6O. The predicted molar refractivity (Wildman–Crippen MR) is 92.0 cm³/mol. The molecule has 26 heavy (non-hydrogen) atoms. The zero-order valence-corrected chi connectivity index (χ0v) is 13.4. The largest absolute Gasteiger partial charge is 0.268 e. The third-order valence-corrected chi connectivity index (χ3v) is 3.96. The fraction of sp³-hybridized carbons (Fsp3) is 0. The van der Waals surface area contributed by atoms with Crippen LogP contribution in [0.3, 0.4) is 0 Å². The number of benzene rings is 1. The number of nitriles is 2. The van der Waals surface area contributed by atoms with Gasteiger partial charge in [0.15, 0.2) is 11.5 Å². The van der Waals surface area contributed by atoms with Gasteiger partial charge in [0.2, 0.25) is 0 Å². The van der Waals surface area contributed by atoms with Crippen molar-refractivity contribution in [3.8, 4) is 23.5 Å². The molecule has 0 atom stereocenters. The third kappa shape index (κ3) is 2.24. The number of carbonyl (C=O) groups is 1. The molecule has 0 unspecified atom stereocenters. The Morgan fingerprint density at radius 3 is 2.50 bits per heavy atom. The lowest BCUT2D eigenvalue weighted by molar-refractivity contribution is 0.0965. The summed E-state index contributed by atoms with van der Waals surface area (Å²) in [5, 5.41) is 23.2. The molecule has 0 radical (unpaired) electrons. The summed E-state index contributed by atoms with van der Waals surface area (Å²) >= 11 is 0. The molecule has 0 bridgehead atoms. The van der Waals surface area contributed by atoms with Crippen LogP contribution < -0.4 is 0 Å². The Morgan fingerprint density at radius 1 is 1.04 bits per heavy atom. The first kappa shape index (κ1) is 15.3. The second kappa shape index (κ2) is 6.00. The molecule has 0 aliphatic rings. The molecule has 0 aliphatic carbocycles. The average molecular weight is 338 g/mol. The summed E-state index contributed by atoms with van der Waals surface area (Å²) in [5.41, 5.74) is 1.61. The zero-order chi connectivity index (χ0) is 18.1. The maximum Gasteiger partial charge on any atom is 0.266 e. The van der Waals surface area contributed by atoms with Crippen molar-refractivity contribution >= 4 is 11.6 Å². The number of carbonyl (C=O) groups excluding carboxylic acids is 1. The summed E-state index contributed by atoms with van der Waals surface area (Å²) in [6.45, 7) is 0. The molecule has 0 N–H and O–H groups in total. The molecule has 0 spiro atoms. The molecule has 3 heterocycles. The number of hydrogen-bond donors (Lipinski definition) is 0. The first-order valence-electron chi connectivity index (χ1n) is 7.69. The fourth-order valence-electron chi connectivity index (χ4n) is 2.80. The highest BCUT2D eigenvalue weighted by Crippen LogP contribution is 2.26. The van der Waals surface area contributed by atoms with E-state index in [-0.39, 0.29) is 22.7 Å². The van der Waals surface area contributed by atoms with E-state index in [0.717, 1.165) is 5.56 Å². The predicted octanol–water partition coefficient (Wildman–Crippen LogP) is 2.63. The van der Waals surface area contributed by atoms with Crippen molar-refractivity contribution in [3.63, 3.8) is 0 Å². The van der Waals surface area contributed by atoms with Gasteiger partial charge in [-0.25, -0.2) is 9.08 Å². The lowest BCUT2D eigenvalue weighted by atomic mass is 10.2. The van der Waals surface area contributed by atoms with E-state index in [9.17, 15) is 15.3 Å². The lowest BCUT2D eigenvalue weighted by Crippen LogP contribution is -2.14. The van der Waals surface area contributed by atoms with E-state index >= 15 is 0 Å². The zero-order valence-electron chi connectivity index (χ0n) is 13.4. The van der Waals surface area contributed by atoms with Crippen LogP contribution in [-0.2, 0) is 0 Å². The Bertz CT molecular complexity index is 1210. The SMILES string of the molecule is N#Cc1cn2nc(-c3ccccc3)n(C(=O)c3cccnc3)c2c1C#N. The number of fused-ring (bicyclic) bond motifs is 1. The van der Waals surface area contributed by atoms with Crippen LogP contribution in [0.5, 0.6) is 0 Å². The fourth-order valence-corrected chi connectivity index (χ4v) is 2.80. The Morgan fingerprint density at radius 2 is 1.85 bits per heavy atom. The molecule has 0 fully saturated rings. The average Bonchev–Trinajstić information content (AvgIpc) is 3.24. The van der Waals surface area contributed by atoms with Crippen molar-refractivity contribution in [1.29, 1.82) is 10.5 Å². The molecular weight excluding hydrogens is 328 g/mol. The van der Waals surface area contributed by atoms with Gasteiger partial charge in [0, 0.05) is 18.0 Å². The van der Waals surface area contributed by atoms with Crippen molar-refractivity contribution < 1.29 is 4.79 Å². The van der Waals surface area contributed by atoms with E-state index in [2.05, 4.69) is 10.1 Å². The molecule has 122 valence electrons. The first-order valence-corrected chi connectivity index (χ1v) is 7.69. The number of hydrogen-bond acceptors (Lipinski definition) is 5. The van der Waals surface area contributed by atoms with Crippen molar-refractivity contribution in [1.82, 2.24) is 19.2 Å². The summed E-state index contributed by atoms with van der Waals surface area (Å²) in [7, 11) is 0. The van der Waals surface area contributed by atoms with Crippen molar-refractivity contribution in [2.24, 2.45) is 0 Å². The Balaban J connectivity index is 2.07. The Labute approximate surface area is 148 Å². The molecule has 4 rings (SSSR count). The topological polar surface area (TPSA) is 99.8 Å². The number of pyridine rings is 1. The third-order valence-electron chi connectivity index (χ3n) is 3.96. The standard InChI is InChI=1S/C19H10N6O/c20-9-15-12-24-18(16(15)10-21)25(19(26)14-7-4-8-22-11-14)17(23-24)13-5-2-1-3-6-13/h1-8,11-12H.